The topological polar surface area (TPSA) is 237 Å². The second-order valence-electron chi connectivity index (χ2n) is 24.9. The van der Waals surface area contributed by atoms with Gasteiger partial charge in [-0.3, -0.25) is 37.3 Å². The van der Waals surface area contributed by atoms with Crippen LogP contribution < -0.4 is 0 Å². The molecule has 84 heavy (non-hydrogen) atoms. The molecule has 0 saturated carbocycles. The summed E-state index contributed by atoms with van der Waals surface area (Å²) >= 11 is 0. The van der Waals surface area contributed by atoms with Crippen LogP contribution in [0, 0.1) is 17.8 Å². The van der Waals surface area contributed by atoms with Crippen LogP contribution >= 0.6 is 15.6 Å². The molecule has 498 valence electrons. The predicted octanol–water partition coefficient (Wildman–Crippen LogP) is 17.9. The van der Waals surface area contributed by atoms with E-state index in [1.165, 1.54) is 122 Å². The fourth-order valence-corrected chi connectivity index (χ4v) is 11.2. The van der Waals surface area contributed by atoms with Crippen LogP contribution in [0.1, 0.15) is 318 Å². The number of phosphoric acid groups is 2. The minimum Gasteiger partial charge on any atom is -0.462 e. The Morgan fingerprint density at radius 2 is 0.548 bits per heavy atom. The highest BCUT2D eigenvalue weighted by Crippen LogP contribution is 2.45. The van der Waals surface area contributed by atoms with Crippen molar-refractivity contribution in [3.05, 3.63) is 0 Å². The van der Waals surface area contributed by atoms with E-state index in [9.17, 15) is 43.2 Å². The van der Waals surface area contributed by atoms with Gasteiger partial charge in [0.05, 0.1) is 26.4 Å². The van der Waals surface area contributed by atoms with Crippen molar-refractivity contribution in [1.82, 2.24) is 0 Å². The monoisotopic (exact) mass is 1240 g/mol. The van der Waals surface area contributed by atoms with E-state index in [1.54, 1.807) is 0 Å². The fourth-order valence-electron chi connectivity index (χ4n) is 9.66. The SMILES string of the molecule is CCCCCCCCCCCCC(=O)OC[C@H](COP(=O)(O)OC[C@H](O)COP(=O)(O)OC[C@@H](COC(=O)CCCCCCCCCC(C)C)OC(=O)CCCCCCCCCCCCCC(C)C)OC(=O)CCCCCCCCCC(C)C. The molecule has 0 heterocycles. The van der Waals surface area contributed by atoms with Gasteiger partial charge in [0.1, 0.15) is 19.3 Å². The van der Waals surface area contributed by atoms with Crippen molar-refractivity contribution in [2.45, 2.75) is 336 Å². The van der Waals surface area contributed by atoms with Crippen molar-refractivity contribution in [3.8, 4) is 0 Å². The zero-order chi connectivity index (χ0) is 62.4. The smallest absolute Gasteiger partial charge is 0.462 e. The summed E-state index contributed by atoms with van der Waals surface area (Å²) in [5.74, 6) is 0.0295. The van der Waals surface area contributed by atoms with E-state index >= 15 is 0 Å². The van der Waals surface area contributed by atoms with Crippen LogP contribution in [-0.4, -0.2) is 96.7 Å². The van der Waals surface area contributed by atoms with Gasteiger partial charge in [0.15, 0.2) is 12.2 Å². The normalized spacial score (nSPS) is 14.3. The third kappa shape index (κ3) is 59.0. The molecule has 5 atom stereocenters. The average molecular weight is 1240 g/mol. The highest BCUT2D eigenvalue weighted by atomic mass is 31.2. The second-order valence-corrected chi connectivity index (χ2v) is 27.8. The summed E-state index contributed by atoms with van der Waals surface area (Å²) in [7, 11) is -9.89. The summed E-state index contributed by atoms with van der Waals surface area (Å²) in [6.45, 7) is 11.7. The molecule has 0 radical (unpaired) electrons. The Bertz CT molecular complexity index is 1660. The number of aliphatic hydroxyl groups is 1. The lowest BCUT2D eigenvalue weighted by molar-refractivity contribution is -0.161. The summed E-state index contributed by atoms with van der Waals surface area (Å²) in [6, 6.07) is 0. The average Bonchev–Trinajstić information content (AvgIpc) is 3.44. The summed E-state index contributed by atoms with van der Waals surface area (Å²) < 4.78 is 68.0. The van der Waals surface area contributed by atoms with Crippen LogP contribution in [0.15, 0.2) is 0 Å². The molecule has 0 rings (SSSR count). The largest absolute Gasteiger partial charge is 0.472 e. The first-order valence-electron chi connectivity index (χ1n) is 33.8. The lowest BCUT2D eigenvalue weighted by Crippen LogP contribution is -2.30. The molecular formula is C65H126O17P2. The molecule has 0 aromatic heterocycles. The molecule has 0 aliphatic heterocycles. The van der Waals surface area contributed by atoms with E-state index in [4.69, 9.17) is 37.0 Å². The van der Waals surface area contributed by atoms with Crippen LogP contribution in [-0.2, 0) is 65.4 Å². The predicted molar refractivity (Wildman–Crippen MR) is 335 cm³/mol. The Kier molecular flexibility index (Phi) is 55.0. The van der Waals surface area contributed by atoms with Crippen molar-refractivity contribution in [2.75, 3.05) is 39.6 Å². The molecule has 3 N–H and O–H groups in total. The summed E-state index contributed by atoms with van der Waals surface area (Å²) in [5, 5.41) is 10.5. The van der Waals surface area contributed by atoms with E-state index < -0.39 is 97.5 Å². The molecule has 0 aromatic rings. The highest BCUT2D eigenvalue weighted by Gasteiger charge is 2.30. The maximum atomic E-state index is 13.0. The number of esters is 4. The van der Waals surface area contributed by atoms with Gasteiger partial charge in [0.2, 0.25) is 0 Å². The Morgan fingerprint density at radius 1 is 0.321 bits per heavy atom. The molecular weight excluding hydrogens is 1110 g/mol. The zero-order valence-corrected chi connectivity index (χ0v) is 56.1. The number of ether oxygens (including phenoxy) is 4. The van der Waals surface area contributed by atoms with E-state index in [2.05, 4.69) is 48.5 Å². The summed E-state index contributed by atoms with van der Waals surface area (Å²) in [6.07, 6.45) is 37.7. The highest BCUT2D eigenvalue weighted by molar-refractivity contribution is 7.47. The zero-order valence-electron chi connectivity index (χ0n) is 54.4. The molecule has 19 heteroatoms. The maximum absolute atomic E-state index is 13.0. The number of unbranched alkanes of at least 4 members (excludes halogenated alkanes) is 31. The Hall–Kier alpha value is -1.94. The molecule has 0 bridgehead atoms. The number of carbonyl (C=O) groups excluding carboxylic acids is 4. The van der Waals surface area contributed by atoms with Crippen LogP contribution in [0.25, 0.3) is 0 Å². The molecule has 2 unspecified atom stereocenters. The lowest BCUT2D eigenvalue weighted by atomic mass is 10.0. The minimum atomic E-state index is -4.95. The lowest BCUT2D eigenvalue weighted by Gasteiger charge is -2.21. The Balaban J connectivity index is 5.24. The van der Waals surface area contributed by atoms with Gasteiger partial charge in [-0.15, -0.1) is 0 Å². The first-order valence-corrected chi connectivity index (χ1v) is 36.8. The van der Waals surface area contributed by atoms with Crippen LogP contribution in [0.3, 0.4) is 0 Å². The van der Waals surface area contributed by atoms with Gasteiger partial charge in [-0.05, 0) is 43.4 Å². The van der Waals surface area contributed by atoms with Gasteiger partial charge in [-0.25, -0.2) is 9.13 Å². The van der Waals surface area contributed by atoms with Gasteiger partial charge in [0.25, 0.3) is 0 Å². The van der Waals surface area contributed by atoms with Gasteiger partial charge < -0.3 is 33.8 Å². The fraction of sp³-hybridized carbons (Fsp3) is 0.938. The first-order chi connectivity index (χ1) is 40.2. The van der Waals surface area contributed by atoms with E-state index in [-0.39, 0.29) is 25.7 Å². The third-order valence-corrected chi connectivity index (χ3v) is 16.8. The Morgan fingerprint density at radius 3 is 0.810 bits per heavy atom. The maximum Gasteiger partial charge on any atom is 0.472 e. The molecule has 0 fully saturated rings. The molecule has 0 spiro atoms. The number of aliphatic hydroxyl groups excluding tert-OH is 1. The minimum absolute atomic E-state index is 0.103. The van der Waals surface area contributed by atoms with Crippen molar-refractivity contribution in [3.63, 3.8) is 0 Å². The van der Waals surface area contributed by atoms with E-state index in [0.29, 0.717) is 37.5 Å². The number of carbonyl (C=O) groups is 4. The number of rotatable bonds is 63. The van der Waals surface area contributed by atoms with Gasteiger partial charge >= 0.3 is 39.5 Å². The van der Waals surface area contributed by atoms with Crippen molar-refractivity contribution in [1.29, 1.82) is 0 Å². The molecule has 17 nitrogen and oxygen atoms in total. The van der Waals surface area contributed by atoms with Crippen LogP contribution in [0.4, 0.5) is 0 Å². The Labute approximate surface area is 511 Å². The third-order valence-electron chi connectivity index (χ3n) is 14.9. The van der Waals surface area contributed by atoms with Gasteiger partial charge in [0, 0.05) is 25.7 Å². The molecule has 0 saturated heterocycles. The van der Waals surface area contributed by atoms with Crippen LogP contribution in [0.5, 0.6) is 0 Å². The molecule has 0 aliphatic rings. The van der Waals surface area contributed by atoms with Crippen molar-refractivity contribution >= 4 is 39.5 Å². The van der Waals surface area contributed by atoms with Crippen molar-refractivity contribution in [2.24, 2.45) is 17.8 Å². The number of phosphoric ester groups is 2. The second kappa shape index (κ2) is 56.3. The summed E-state index contributed by atoms with van der Waals surface area (Å²) in [5.41, 5.74) is 0. The standard InChI is InChI=1S/C65H126O17P2/c1-8-9-10-11-12-13-18-25-32-39-46-62(67)75-52-61(82-65(70)49-42-35-28-21-24-31-38-45-58(6)7)55-80-84(73,74)78-51-59(66)50-77-83(71,72)79-54-60(53-76-63(68)47-40-33-27-20-23-30-37-44-57(4)5)81-64(69)48-41-34-26-19-16-14-15-17-22-29-36-43-56(2)3/h56-61,66H,8-55H2,1-7H3,(H,71,72)(H,73,74)/t59-,60-,61-/m1/s1. The van der Waals surface area contributed by atoms with E-state index in [1.807, 2.05) is 0 Å². The molecule has 0 aromatic carbocycles. The van der Waals surface area contributed by atoms with E-state index in [0.717, 1.165) is 102 Å². The van der Waals surface area contributed by atoms with Gasteiger partial charge in [-0.1, -0.05) is 267 Å². The molecule has 0 amide bonds. The van der Waals surface area contributed by atoms with Crippen LogP contribution in [0.2, 0.25) is 0 Å². The van der Waals surface area contributed by atoms with Gasteiger partial charge in [-0.2, -0.15) is 0 Å². The van der Waals surface area contributed by atoms with Crippen molar-refractivity contribution < 1.29 is 80.2 Å². The first kappa shape index (κ1) is 82.1. The number of hydrogen-bond donors (Lipinski definition) is 3. The quantitative estimate of drug-likeness (QED) is 0.0222. The summed E-state index contributed by atoms with van der Waals surface area (Å²) in [4.78, 5) is 72.2. The molecule has 0 aliphatic carbocycles. The number of hydrogen-bond acceptors (Lipinski definition) is 15.